The van der Waals surface area contributed by atoms with E-state index in [2.05, 4.69) is 0 Å². The highest BCUT2D eigenvalue weighted by Gasteiger charge is 2.15. The topological polar surface area (TPSA) is 83.5 Å². The molecule has 27 heavy (non-hydrogen) atoms. The van der Waals surface area contributed by atoms with Gasteiger partial charge in [0.15, 0.2) is 0 Å². The van der Waals surface area contributed by atoms with Crippen LogP contribution in [-0.4, -0.2) is 5.97 Å². The number of halogens is 1. The lowest BCUT2D eigenvalue weighted by atomic mass is 9.99. The van der Waals surface area contributed by atoms with Crippen molar-refractivity contribution in [1.82, 2.24) is 0 Å². The number of carboxylic acid groups (broad SMARTS) is 1. The van der Waals surface area contributed by atoms with E-state index in [4.69, 9.17) is 20.4 Å². The van der Waals surface area contributed by atoms with E-state index >= 15 is 0 Å². The van der Waals surface area contributed by atoms with Crippen molar-refractivity contribution in [3.05, 3.63) is 69.2 Å². The molecule has 4 aromatic rings. The van der Waals surface area contributed by atoms with Crippen molar-refractivity contribution in [2.45, 2.75) is 19.8 Å². The van der Waals surface area contributed by atoms with Crippen LogP contribution in [0.4, 0.5) is 0 Å². The highest BCUT2D eigenvalue weighted by atomic mass is 35.5. The van der Waals surface area contributed by atoms with Crippen LogP contribution in [0, 0.1) is 6.92 Å². The Morgan fingerprint density at radius 2 is 1.85 bits per heavy atom. The molecule has 0 fully saturated rings. The lowest BCUT2D eigenvalue weighted by molar-refractivity contribution is -0.305. The SMILES string of the molecule is Cc1c(CCC(=O)[O-])c(=O)oc2cc3occ(-c4ccc(Cl)cc4)c3cc12. The normalized spacial score (nSPS) is 11.3. The van der Waals surface area contributed by atoms with Crippen LogP contribution in [0.15, 0.2) is 56.3 Å². The first-order valence-corrected chi connectivity index (χ1v) is 8.75. The van der Waals surface area contributed by atoms with Crippen molar-refractivity contribution in [2.75, 3.05) is 0 Å². The Kier molecular flexibility index (Phi) is 4.24. The number of rotatable bonds is 4. The zero-order valence-corrected chi connectivity index (χ0v) is 15.1. The second kappa shape index (κ2) is 6.59. The molecule has 136 valence electrons. The monoisotopic (exact) mass is 381 g/mol. The number of fused-ring (bicyclic) bond motifs is 2. The molecule has 5 nitrogen and oxygen atoms in total. The molecule has 0 saturated heterocycles. The molecule has 0 aliphatic rings. The molecule has 0 radical (unpaired) electrons. The molecule has 0 aliphatic carbocycles. The van der Waals surface area contributed by atoms with Gasteiger partial charge in [-0.25, -0.2) is 4.79 Å². The van der Waals surface area contributed by atoms with Crippen molar-refractivity contribution in [3.63, 3.8) is 0 Å². The molecule has 2 heterocycles. The molecule has 0 saturated carbocycles. The predicted molar refractivity (Wildman–Crippen MR) is 101 cm³/mol. The van der Waals surface area contributed by atoms with E-state index in [1.54, 1.807) is 31.4 Å². The second-order valence-electron chi connectivity index (χ2n) is 6.37. The largest absolute Gasteiger partial charge is 0.550 e. The third kappa shape index (κ3) is 3.11. The Bertz CT molecular complexity index is 1230. The number of furan rings is 1. The van der Waals surface area contributed by atoms with Gasteiger partial charge in [0.2, 0.25) is 0 Å². The smallest absolute Gasteiger partial charge is 0.339 e. The fourth-order valence-corrected chi connectivity index (χ4v) is 3.41. The van der Waals surface area contributed by atoms with Crippen LogP contribution >= 0.6 is 11.6 Å². The molecule has 6 heteroatoms. The minimum Gasteiger partial charge on any atom is -0.550 e. The summed E-state index contributed by atoms with van der Waals surface area (Å²) >= 11 is 5.96. The fraction of sp³-hybridized carbons (Fsp3) is 0.143. The minimum atomic E-state index is -1.20. The van der Waals surface area contributed by atoms with Gasteiger partial charge in [-0.15, -0.1) is 0 Å². The Morgan fingerprint density at radius 1 is 1.11 bits per heavy atom. The predicted octanol–water partition coefficient (Wildman–Crippen LogP) is 3.85. The van der Waals surface area contributed by atoms with Crippen molar-refractivity contribution in [1.29, 1.82) is 0 Å². The summed E-state index contributed by atoms with van der Waals surface area (Å²) in [4.78, 5) is 23.0. The number of aliphatic carboxylic acids is 1. The van der Waals surface area contributed by atoms with Crippen LogP contribution < -0.4 is 10.7 Å². The Labute approximate surface area is 158 Å². The zero-order chi connectivity index (χ0) is 19.1. The van der Waals surface area contributed by atoms with Crippen LogP contribution in [0.3, 0.4) is 0 Å². The van der Waals surface area contributed by atoms with Gasteiger partial charge in [-0.1, -0.05) is 23.7 Å². The molecular weight excluding hydrogens is 368 g/mol. The first-order valence-electron chi connectivity index (χ1n) is 8.37. The summed E-state index contributed by atoms with van der Waals surface area (Å²) in [6, 6.07) is 11.0. The van der Waals surface area contributed by atoms with Crippen LogP contribution in [0.2, 0.25) is 5.02 Å². The van der Waals surface area contributed by atoms with Gasteiger partial charge in [0, 0.05) is 39.0 Å². The van der Waals surface area contributed by atoms with E-state index in [1.165, 1.54) is 0 Å². The van der Waals surface area contributed by atoms with Gasteiger partial charge in [0.25, 0.3) is 0 Å². The minimum absolute atomic E-state index is 0.0694. The van der Waals surface area contributed by atoms with Gasteiger partial charge >= 0.3 is 5.63 Å². The molecule has 0 bridgehead atoms. The number of hydrogen-bond donors (Lipinski definition) is 0. The van der Waals surface area contributed by atoms with Gasteiger partial charge in [-0.3, -0.25) is 0 Å². The molecule has 2 aromatic carbocycles. The van der Waals surface area contributed by atoms with E-state index in [0.29, 0.717) is 27.3 Å². The van der Waals surface area contributed by atoms with E-state index in [9.17, 15) is 14.7 Å². The quantitative estimate of drug-likeness (QED) is 0.501. The molecular formula is C21H14ClO5-. The standard InChI is InChI=1S/C21H15ClO5/c1-11-14(6-7-20(23)24)21(25)27-19-9-18-16(8-15(11)19)17(10-26-18)12-2-4-13(22)5-3-12/h2-5,8-10H,6-7H2,1H3,(H,23,24)/p-1. The number of hydrogen-bond acceptors (Lipinski definition) is 5. The zero-order valence-electron chi connectivity index (χ0n) is 14.4. The number of carboxylic acids is 1. The average molecular weight is 382 g/mol. The van der Waals surface area contributed by atoms with Crippen LogP contribution in [0.25, 0.3) is 33.1 Å². The van der Waals surface area contributed by atoms with Crippen molar-refractivity contribution < 1.29 is 18.7 Å². The fourth-order valence-electron chi connectivity index (χ4n) is 3.28. The summed E-state index contributed by atoms with van der Waals surface area (Å²) in [6.45, 7) is 1.79. The number of aryl methyl sites for hydroxylation is 1. The van der Waals surface area contributed by atoms with E-state index in [1.807, 2.05) is 18.2 Å². The highest BCUT2D eigenvalue weighted by molar-refractivity contribution is 6.30. The van der Waals surface area contributed by atoms with Crippen molar-refractivity contribution >= 4 is 39.5 Å². The van der Waals surface area contributed by atoms with E-state index < -0.39 is 11.6 Å². The summed E-state index contributed by atoms with van der Waals surface area (Å²) in [5.74, 6) is -1.20. The maximum atomic E-state index is 12.2. The van der Waals surface area contributed by atoms with Gasteiger partial charge in [-0.2, -0.15) is 0 Å². The molecule has 0 N–H and O–H groups in total. The summed E-state index contributed by atoms with van der Waals surface area (Å²) in [5.41, 5.74) is 3.35. The maximum Gasteiger partial charge on any atom is 0.339 e. The number of carbonyl (C=O) groups is 1. The molecule has 0 atom stereocenters. The molecule has 0 amide bonds. The van der Waals surface area contributed by atoms with Crippen LogP contribution in [0.5, 0.6) is 0 Å². The molecule has 0 unspecified atom stereocenters. The molecule has 0 spiro atoms. The van der Waals surface area contributed by atoms with Crippen molar-refractivity contribution in [2.24, 2.45) is 0 Å². The second-order valence-corrected chi connectivity index (χ2v) is 6.80. The number of benzene rings is 2. The van der Waals surface area contributed by atoms with Gasteiger partial charge in [-0.05, 0) is 49.1 Å². The first-order chi connectivity index (χ1) is 12.9. The summed E-state index contributed by atoms with van der Waals surface area (Å²) in [5, 5.41) is 13.0. The lowest BCUT2D eigenvalue weighted by Crippen LogP contribution is -2.24. The van der Waals surface area contributed by atoms with Gasteiger partial charge in [0.1, 0.15) is 11.2 Å². The Hall–Kier alpha value is -3.05. The molecule has 2 aromatic heterocycles. The van der Waals surface area contributed by atoms with Crippen LogP contribution in [0.1, 0.15) is 17.5 Å². The summed E-state index contributed by atoms with van der Waals surface area (Å²) in [7, 11) is 0. The van der Waals surface area contributed by atoms with Gasteiger partial charge < -0.3 is 18.7 Å². The molecule has 4 rings (SSSR count). The van der Waals surface area contributed by atoms with E-state index in [0.717, 1.165) is 21.9 Å². The summed E-state index contributed by atoms with van der Waals surface area (Å²) in [6.07, 6.45) is 1.48. The third-order valence-corrected chi connectivity index (χ3v) is 4.97. The average Bonchev–Trinajstić information content (AvgIpc) is 3.03. The van der Waals surface area contributed by atoms with Crippen molar-refractivity contribution in [3.8, 4) is 11.1 Å². The first kappa shape index (κ1) is 17.4. The molecule has 0 aliphatic heterocycles. The Balaban J connectivity index is 1.92. The lowest BCUT2D eigenvalue weighted by Gasteiger charge is -2.08. The van der Waals surface area contributed by atoms with E-state index in [-0.39, 0.29) is 12.8 Å². The van der Waals surface area contributed by atoms with Gasteiger partial charge in [0.05, 0.1) is 6.26 Å². The van der Waals surface area contributed by atoms with Crippen LogP contribution in [-0.2, 0) is 11.2 Å². The third-order valence-electron chi connectivity index (χ3n) is 4.72. The maximum absolute atomic E-state index is 12.2. The Morgan fingerprint density at radius 3 is 2.56 bits per heavy atom. The number of carbonyl (C=O) groups excluding carboxylic acids is 1. The summed E-state index contributed by atoms with van der Waals surface area (Å²) < 4.78 is 11.0. The highest BCUT2D eigenvalue weighted by Crippen LogP contribution is 2.35.